The molecule has 1 aromatic carbocycles. The number of amides is 2. The maximum absolute atomic E-state index is 14.3. The van der Waals surface area contributed by atoms with Crippen LogP contribution in [-0.4, -0.2) is 37.8 Å². The first kappa shape index (κ1) is 17.5. The van der Waals surface area contributed by atoms with E-state index in [-0.39, 0.29) is 18.1 Å². The van der Waals surface area contributed by atoms with E-state index in [0.717, 1.165) is 11.3 Å². The minimum atomic E-state index is -0.989. The highest BCUT2D eigenvalue weighted by Crippen LogP contribution is 2.54. The molecular weight excluding hydrogens is 373 g/mol. The summed E-state index contributed by atoms with van der Waals surface area (Å²) in [4.78, 5) is 36.5. The molecule has 2 amide bonds. The summed E-state index contributed by atoms with van der Waals surface area (Å²) in [5.74, 6) is -0.846. The number of anilines is 1. The SMILES string of the molecule is Cn1ccnc1[C@@H]1N(C(=O)c2ncccc2F)CC[C@]12C(=O)Nc1ccccc12. The standard InChI is InChI=1S/C21H18FN5O2/c1-26-12-10-24-18(26)17-21(13-5-2-3-7-15(13)25-20(21)29)8-11-27(17)19(28)16-14(22)6-4-9-23-16/h2-7,9-10,12,17H,8,11H2,1H3,(H,25,29)/t17-,21+/m0/s1. The van der Waals surface area contributed by atoms with Crippen molar-refractivity contribution < 1.29 is 14.0 Å². The van der Waals surface area contributed by atoms with E-state index in [4.69, 9.17) is 0 Å². The van der Waals surface area contributed by atoms with E-state index in [1.165, 1.54) is 23.2 Å². The van der Waals surface area contributed by atoms with Crippen molar-refractivity contribution in [2.24, 2.45) is 7.05 Å². The molecule has 7 nitrogen and oxygen atoms in total. The zero-order valence-electron chi connectivity index (χ0n) is 15.7. The third kappa shape index (κ3) is 2.35. The highest BCUT2D eigenvalue weighted by atomic mass is 19.1. The molecule has 0 bridgehead atoms. The zero-order chi connectivity index (χ0) is 20.2. The predicted octanol–water partition coefficient (Wildman–Crippen LogP) is 2.43. The van der Waals surface area contributed by atoms with Crippen molar-refractivity contribution in [3.63, 3.8) is 0 Å². The molecule has 0 radical (unpaired) electrons. The molecule has 1 spiro atoms. The molecule has 1 fully saturated rings. The van der Waals surface area contributed by atoms with Crippen LogP contribution in [0.5, 0.6) is 0 Å². The minimum absolute atomic E-state index is 0.177. The van der Waals surface area contributed by atoms with Gasteiger partial charge in [0.05, 0.1) is 0 Å². The smallest absolute Gasteiger partial charge is 0.276 e. The molecule has 1 N–H and O–H groups in total. The van der Waals surface area contributed by atoms with Gasteiger partial charge in [0.25, 0.3) is 5.91 Å². The number of hydrogen-bond acceptors (Lipinski definition) is 4. The quantitative estimate of drug-likeness (QED) is 0.728. The van der Waals surface area contributed by atoms with E-state index < -0.39 is 23.2 Å². The van der Waals surface area contributed by atoms with Crippen LogP contribution in [0.25, 0.3) is 0 Å². The number of hydrogen-bond donors (Lipinski definition) is 1. The molecule has 146 valence electrons. The predicted molar refractivity (Wildman–Crippen MR) is 103 cm³/mol. The van der Waals surface area contributed by atoms with Crippen molar-refractivity contribution in [1.82, 2.24) is 19.4 Å². The van der Waals surface area contributed by atoms with Crippen LogP contribution < -0.4 is 5.32 Å². The molecule has 0 aliphatic carbocycles. The van der Waals surface area contributed by atoms with Crippen LogP contribution in [0.15, 0.2) is 55.0 Å². The second-order valence-electron chi connectivity index (χ2n) is 7.35. The Morgan fingerprint density at radius 3 is 2.79 bits per heavy atom. The normalized spacial score (nSPS) is 22.8. The summed E-state index contributed by atoms with van der Waals surface area (Å²) in [7, 11) is 1.82. The fourth-order valence-electron chi connectivity index (χ4n) is 4.58. The number of para-hydroxylation sites is 1. The van der Waals surface area contributed by atoms with Gasteiger partial charge in [0.15, 0.2) is 11.5 Å². The van der Waals surface area contributed by atoms with Gasteiger partial charge in [0, 0.05) is 37.9 Å². The number of aryl methyl sites for hydroxylation is 1. The Morgan fingerprint density at radius 1 is 1.21 bits per heavy atom. The van der Waals surface area contributed by atoms with E-state index in [1.54, 1.807) is 17.0 Å². The number of imidazole rings is 1. The van der Waals surface area contributed by atoms with Crippen molar-refractivity contribution in [2.75, 3.05) is 11.9 Å². The highest BCUT2D eigenvalue weighted by molar-refractivity contribution is 6.08. The number of halogens is 1. The van der Waals surface area contributed by atoms with Gasteiger partial charge in [-0.2, -0.15) is 0 Å². The van der Waals surface area contributed by atoms with E-state index in [0.29, 0.717) is 12.2 Å². The second kappa shape index (κ2) is 6.23. The first-order valence-electron chi connectivity index (χ1n) is 9.33. The van der Waals surface area contributed by atoms with E-state index in [2.05, 4.69) is 15.3 Å². The van der Waals surface area contributed by atoms with Crippen LogP contribution in [0.3, 0.4) is 0 Å². The molecule has 2 aliphatic rings. The fraction of sp³-hybridized carbons (Fsp3) is 0.238. The molecule has 4 heterocycles. The average molecular weight is 391 g/mol. The number of nitrogens with one attached hydrogen (secondary N) is 1. The molecule has 5 rings (SSSR count). The molecule has 8 heteroatoms. The van der Waals surface area contributed by atoms with Crippen molar-refractivity contribution >= 4 is 17.5 Å². The van der Waals surface area contributed by atoms with Crippen molar-refractivity contribution in [2.45, 2.75) is 17.9 Å². The Balaban J connectivity index is 1.69. The minimum Gasteiger partial charge on any atom is -0.336 e. The highest BCUT2D eigenvalue weighted by Gasteiger charge is 2.60. The van der Waals surface area contributed by atoms with Crippen LogP contribution in [0.1, 0.15) is 34.3 Å². The zero-order valence-corrected chi connectivity index (χ0v) is 15.7. The first-order chi connectivity index (χ1) is 14.0. The van der Waals surface area contributed by atoms with Crippen molar-refractivity contribution in [3.05, 3.63) is 77.9 Å². The Kier molecular flexibility index (Phi) is 3.77. The van der Waals surface area contributed by atoms with Crippen LogP contribution in [-0.2, 0) is 17.3 Å². The average Bonchev–Trinajstić information content (AvgIpc) is 3.39. The van der Waals surface area contributed by atoms with Crippen molar-refractivity contribution in [1.29, 1.82) is 0 Å². The van der Waals surface area contributed by atoms with Crippen LogP contribution in [0, 0.1) is 5.82 Å². The lowest BCUT2D eigenvalue weighted by molar-refractivity contribution is -0.121. The largest absolute Gasteiger partial charge is 0.336 e. The molecule has 2 aromatic heterocycles. The van der Waals surface area contributed by atoms with Gasteiger partial charge < -0.3 is 14.8 Å². The number of nitrogens with zero attached hydrogens (tertiary/aromatic N) is 4. The summed E-state index contributed by atoms with van der Waals surface area (Å²) in [6.07, 6.45) is 5.19. The van der Waals surface area contributed by atoms with Gasteiger partial charge in [0.2, 0.25) is 5.91 Å². The maximum Gasteiger partial charge on any atom is 0.276 e. The number of likely N-dealkylation sites (tertiary alicyclic amines) is 1. The van der Waals surface area contributed by atoms with Gasteiger partial charge in [-0.15, -0.1) is 0 Å². The lowest BCUT2D eigenvalue weighted by atomic mass is 9.74. The third-order valence-corrected chi connectivity index (χ3v) is 5.91. The summed E-state index contributed by atoms with van der Waals surface area (Å²) < 4.78 is 16.1. The Bertz CT molecular complexity index is 1140. The summed E-state index contributed by atoms with van der Waals surface area (Å²) in [6, 6.07) is 9.45. The van der Waals surface area contributed by atoms with Gasteiger partial charge in [-0.25, -0.2) is 14.4 Å². The van der Waals surface area contributed by atoms with Gasteiger partial charge >= 0.3 is 0 Å². The molecule has 29 heavy (non-hydrogen) atoms. The molecule has 2 aliphatic heterocycles. The molecule has 0 unspecified atom stereocenters. The maximum atomic E-state index is 14.3. The summed E-state index contributed by atoms with van der Waals surface area (Å²) in [6.45, 7) is 0.286. The van der Waals surface area contributed by atoms with E-state index >= 15 is 0 Å². The summed E-state index contributed by atoms with van der Waals surface area (Å²) >= 11 is 0. The Morgan fingerprint density at radius 2 is 2.03 bits per heavy atom. The number of carbonyl (C=O) groups is 2. The number of carbonyl (C=O) groups excluding carboxylic acids is 2. The van der Waals surface area contributed by atoms with Crippen molar-refractivity contribution in [3.8, 4) is 0 Å². The summed E-state index contributed by atoms with van der Waals surface area (Å²) in [5, 5.41) is 2.95. The molecule has 3 aromatic rings. The number of pyridine rings is 1. The fourth-order valence-corrected chi connectivity index (χ4v) is 4.58. The first-order valence-corrected chi connectivity index (χ1v) is 9.33. The second-order valence-corrected chi connectivity index (χ2v) is 7.35. The number of rotatable bonds is 2. The van der Waals surface area contributed by atoms with E-state index in [1.807, 2.05) is 31.3 Å². The number of benzene rings is 1. The monoisotopic (exact) mass is 391 g/mol. The lowest BCUT2D eigenvalue weighted by Gasteiger charge is -2.33. The molecule has 2 atom stereocenters. The van der Waals surface area contributed by atoms with Gasteiger partial charge in [0.1, 0.15) is 17.3 Å². The molecule has 1 saturated heterocycles. The number of aromatic nitrogens is 3. The lowest BCUT2D eigenvalue weighted by Crippen LogP contribution is -2.44. The molecular formula is C21H18FN5O2. The molecule has 0 saturated carbocycles. The van der Waals surface area contributed by atoms with Crippen LogP contribution in [0.2, 0.25) is 0 Å². The summed E-state index contributed by atoms with van der Waals surface area (Å²) in [5.41, 5.74) is 0.316. The van der Waals surface area contributed by atoms with Gasteiger partial charge in [-0.1, -0.05) is 18.2 Å². The van der Waals surface area contributed by atoms with Crippen LogP contribution in [0.4, 0.5) is 10.1 Å². The topological polar surface area (TPSA) is 80.1 Å². The third-order valence-electron chi connectivity index (χ3n) is 5.91. The Labute approximate surface area is 166 Å². The number of fused-ring (bicyclic) bond motifs is 2. The Hall–Kier alpha value is -3.55. The van der Waals surface area contributed by atoms with Crippen LogP contribution >= 0.6 is 0 Å². The van der Waals surface area contributed by atoms with Gasteiger partial charge in [-0.05, 0) is 30.2 Å². The van der Waals surface area contributed by atoms with E-state index in [9.17, 15) is 14.0 Å². The van der Waals surface area contributed by atoms with Gasteiger partial charge in [-0.3, -0.25) is 9.59 Å².